The topological polar surface area (TPSA) is 113 Å². The second-order valence-electron chi connectivity index (χ2n) is 9.89. The molecule has 0 radical (unpaired) electrons. The van der Waals surface area contributed by atoms with E-state index in [0.29, 0.717) is 37.4 Å². The maximum atomic E-state index is 14.4. The van der Waals surface area contributed by atoms with Crippen LogP contribution >= 0.6 is 0 Å². The Bertz CT molecular complexity index is 1470. The van der Waals surface area contributed by atoms with Crippen molar-refractivity contribution in [2.24, 2.45) is 0 Å². The lowest BCUT2D eigenvalue weighted by atomic mass is 9.74. The smallest absolute Gasteiger partial charge is 0.335 e. The summed E-state index contributed by atoms with van der Waals surface area (Å²) in [7, 11) is 0. The van der Waals surface area contributed by atoms with Crippen LogP contribution in [0.3, 0.4) is 0 Å². The van der Waals surface area contributed by atoms with E-state index in [1.54, 1.807) is 12.3 Å². The van der Waals surface area contributed by atoms with Gasteiger partial charge in [0.05, 0.1) is 17.2 Å². The van der Waals surface area contributed by atoms with E-state index in [1.165, 1.54) is 6.07 Å². The summed E-state index contributed by atoms with van der Waals surface area (Å²) in [6.07, 6.45) is 4.40. The molecule has 3 aromatic heterocycles. The SMILES string of the molecule is O=C(O)[C@]1(O)CC[C@@H](c2c(C3CCOCC3)n(-c3ccc(F)c(F)c3)c3cc4cn[nH]c4nc32)CC1. The minimum absolute atomic E-state index is 0.0515. The first kappa shape index (κ1) is 23.1. The summed E-state index contributed by atoms with van der Waals surface area (Å²) in [5, 5.41) is 27.9. The molecule has 1 aliphatic heterocycles. The van der Waals surface area contributed by atoms with Gasteiger partial charge in [-0.15, -0.1) is 0 Å². The van der Waals surface area contributed by atoms with E-state index < -0.39 is 23.2 Å². The summed E-state index contributed by atoms with van der Waals surface area (Å²) in [6, 6.07) is 5.84. The van der Waals surface area contributed by atoms with Crippen molar-refractivity contribution in [1.82, 2.24) is 19.7 Å². The number of fused-ring (bicyclic) bond motifs is 2. The Morgan fingerprint density at radius 2 is 1.83 bits per heavy atom. The lowest BCUT2D eigenvalue weighted by Crippen LogP contribution is -2.41. The number of H-pyrrole nitrogens is 1. The van der Waals surface area contributed by atoms with Gasteiger partial charge in [-0.1, -0.05) is 0 Å². The molecule has 6 rings (SSSR count). The fourth-order valence-corrected chi connectivity index (χ4v) is 5.88. The molecule has 0 unspecified atom stereocenters. The van der Waals surface area contributed by atoms with E-state index in [2.05, 4.69) is 10.2 Å². The largest absolute Gasteiger partial charge is 0.479 e. The van der Waals surface area contributed by atoms with E-state index in [1.807, 2.05) is 10.6 Å². The number of nitrogens with zero attached hydrogens (tertiary/aromatic N) is 3. The summed E-state index contributed by atoms with van der Waals surface area (Å²) in [5.74, 6) is -3.02. The molecule has 1 saturated heterocycles. The van der Waals surface area contributed by atoms with Crippen LogP contribution in [-0.4, -0.2) is 54.7 Å². The van der Waals surface area contributed by atoms with Crippen molar-refractivity contribution in [3.63, 3.8) is 0 Å². The number of aliphatic hydroxyl groups is 1. The van der Waals surface area contributed by atoms with Crippen LogP contribution in [0.4, 0.5) is 8.78 Å². The number of benzene rings is 1. The number of hydrogen-bond donors (Lipinski definition) is 3. The standard InChI is InChI=1S/C26H26F2N4O4/c27-18-2-1-17(12-19(18)28)32-20-11-16-13-29-31-24(16)30-22(20)21(23(32)15-5-9-36-10-6-15)14-3-7-26(35,8-4-14)25(33)34/h1-2,11-15,35H,3-10H2,(H,33,34)(H,29,30,31)/t14-,26+. The average Bonchev–Trinajstić information content (AvgIpc) is 3.47. The summed E-state index contributed by atoms with van der Waals surface area (Å²) in [5.41, 5.74) is 2.80. The maximum absolute atomic E-state index is 14.4. The molecule has 1 aromatic carbocycles. The number of carbonyl (C=O) groups is 1. The van der Waals surface area contributed by atoms with Gasteiger partial charge in [0.2, 0.25) is 0 Å². The predicted molar refractivity (Wildman–Crippen MR) is 127 cm³/mol. The van der Waals surface area contributed by atoms with Crippen LogP contribution in [-0.2, 0) is 9.53 Å². The summed E-state index contributed by atoms with van der Waals surface area (Å²) >= 11 is 0. The third-order valence-corrected chi connectivity index (χ3v) is 7.81. The molecule has 0 amide bonds. The zero-order valence-corrected chi connectivity index (χ0v) is 19.5. The minimum Gasteiger partial charge on any atom is -0.479 e. The Morgan fingerprint density at radius 3 is 2.53 bits per heavy atom. The first-order valence-corrected chi connectivity index (χ1v) is 12.2. The monoisotopic (exact) mass is 496 g/mol. The maximum Gasteiger partial charge on any atom is 0.335 e. The third kappa shape index (κ3) is 3.67. The Kier molecular flexibility index (Phi) is 5.53. The Morgan fingerprint density at radius 1 is 1.08 bits per heavy atom. The molecule has 188 valence electrons. The highest BCUT2D eigenvalue weighted by Gasteiger charge is 2.42. The molecule has 0 bridgehead atoms. The number of carboxylic acids is 1. The molecule has 4 heterocycles. The quantitative estimate of drug-likeness (QED) is 0.382. The Hall–Kier alpha value is -3.37. The number of carboxylic acid groups (broad SMARTS) is 1. The van der Waals surface area contributed by atoms with Gasteiger partial charge in [0.15, 0.2) is 22.9 Å². The zero-order valence-electron chi connectivity index (χ0n) is 19.5. The highest BCUT2D eigenvalue weighted by Crippen LogP contribution is 2.47. The number of aromatic amines is 1. The second-order valence-corrected chi connectivity index (χ2v) is 9.89. The van der Waals surface area contributed by atoms with E-state index in [0.717, 1.165) is 46.6 Å². The molecule has 1 aliphatic carbocycles. The third-order valence-electron chi connectivity index (χ3n) is 7.81. The van der Waals surface area contributed by atoms with Gasteiger partial charge < -0.3 is 19.5 Å². The number of ether oxygens (including phenoxy) is 1. The van der Waals surface area contributed by atoms with Crippen molar-refractivity contribution >= 4 is 28.0 Å². The minimum atomic E-state index is -1.74. The molecule has 0 spiro atoms. The molecule has 36 heavy (non-hydrogen) atoms. The molecule has 3 N–H and O–H groups in total. The number of aromatic nitrogens is 4. The van der Waals surface area contributed by atoms with Crippen molar-refractivity contribution < 1.29 is 28.5 Å². The van der Waals surface area contributed by atoms with E-state index in [-0.39, 0.29) is 24.7 Å². The lowest BCUT2D eigenvalue weighted by molar-refractivity contribution is -0.162. The number of rotatable bonds is 4. The van der Waals surface area contributed by atoms with E-state index in [4.69, 9.17) is 9.72 Å². The second kappa shape index (κ2) is 8.63. The van der Waals surface area contributed by atoms with Gasteiger partial charge in [0, 0.05) is 47.5 Å². The highest BCUT2D eigenvalue weighted by molar-refractivity contribution is 5.93. The number of nitrogens with one attached hydrogen (secondary N) is 1. The summed E-state index contributed by atoms with van der Waals surface area (Å²) in [6.45, 7) is 1.18. The van der Waals surface area contributed by atoms with Gasteiger partial charge in [-0.05, 0) is 62.6 Å². The molecule has 2 fully saturated rings. The van der Waals surface area contributed by atoms with Gasteiger partial charge >= 0.3 is 5.97 Å². The van der Waals surface area contributed by atoms with Crippen molar-refractivity contribution in [1.29, 1.82) is 0 Å². The number of hydrogen-bond acceptors (Lipinski definition) is 5. The van der Waals surface area contributed by atoms with E-state index in [9.17, 15) is 23.8 Å². The number of halogens is 2. The predicted octanol–water partition coefficient (Wildman–Crippen LogP) is 4.55. The Labute approximate surface area is 204 Å². The average molecular weight is 497 g/mol. The van der Waals surface area contributed by atoms with Crippen molar-refractivity contribution in [3.8, 4) is 5.69 Å². The summed E-state index contributed by atoms with van der Waals surface area (Å²) < 4.78 is 35.9. The van der Waals surface area contributed by atoms with Crippen LogP contribution in [0.1, 0.15) is 61.6 Å². The first-order chi connectivity index (χ1) is 17.4. The van der Waals surface area contributed by atoms with Crippen molar-refractivity contribution in [2.75, 3.05) is 13.2 Å². The Balaban J connectivity index is 1.61. The van der Waals surface area contributed by atoms with Crippen LogP contribution in [0.2, 0.25) is 0 Å². The summed E-state index contributed by atoms with van der Waals surface area (Å²) in [4.78, 5) is 16.6. The van der Waals surface area contributed by atoms with Crippen molar-refractivity contribution in [2.45, 2.75) is 56.0 Å². The van der Waals surface area contributed by atoms with Gasteiger partial charge in [-0.3, -0.25) is 5.10 Å². The highest BCUT2D eigenvalue weighted by atomic mass is 19.2. The van der Waals surface area contributed by atoms with Gasteiger partial charge in [0.25, 0.3) is 0 Å². The molecule has 10 heteroatoms. The fraction of sp³-hybridized carbons (Fsp3) is 0.423. The normalized spacial score (nSPS) is 23.5. The van der Waals surface area contributed by atoms with Gasteiger partial charge in [0.1, 0.15) is 0 Å². The van der Waals surface area contributed by atoms with Crippen LogP contribution in [0.5, 0.6) is 0 Å². The molecule has 0 atom stereocenters. The number of pyridine rings is 1. The molecular formula is C26H26F2N4O4. The van der Waals surface area contributed by atoms with Gasteiger partial charge in [-0.2, -0.15) is 5.10 Å². The van der Waals surface area contributed by atoms with Crippen LogP contribution in [0.15, 0.2) is 30.5 Å². The lowest BCUT2D eigenvalue weighted by Gasteiger charge is -2.34. The van der Waals surface area contributed by atoms with Crippen molar-refractivity contribution in [3.05, 3.63) is 53.4 Å². The van der Waals surface area contributed by atoms with Gasteiger partial charge in [-0.25, -0.2) is 18.6 Å². The molecular weight excluding hydrogens is 470 g/mol. The first-order valence-electron chi connectivity index (χ1n) is 12.2. The molecule has 1 saturated carbocycles. The molecule has 2 aliphatic rings. The van der Waals surface area contributed by atoms with E-state index >= 15 is 0 Å². The van der Waals surface area contributed by atoms with Crippen LogP contribution in [0.25, 0.3) is 27.8 Å². The van der Waals surface area contributed by atoms with Crippen LogP contribution < -0.4 is 0 Å². The fourth-order valence-electron chi connectivity index (χ4n) is 5.88. The zero-order chi connectivity index (χ0) is 25.0. The molecule has 8 nitrogen and oxygen atoms in total. The number of aliphatic carboxylic acids is 1. The molecule has 4 aromatic rings. The van der Waals surface area contributed by atoms with Crippen LogP contribution in [0, 0.1) is 11.6 Å².